The second-order valence-corrected chi connectivity index (χ2v) is 36.1. The summed E-state index contributed by atoms with van der Waals surface area (Å²) in [7, 11) is 6.21. The predicted molar refractivity (Wildman–Crippen MR) is 503 cm³/mol. The van der Waals surface area contributed by atoms with Crippen molar-refractivity contribution in [3.8, 4) is 34.5 Å². The molecule has 0 aliphatic rings. The number of hydrogen-bond donors (Lipinski definition) is 0. The topological polar surface area (TPSA) is 168 Å². The van der Waals surface area contributed by atoms with E-state index in [9.17, 15) is 80.3 Å². The molecule has 8 aromatic carbocycles. The number of carbonyl (C=O) groups excluding carboxylic acids is 4. The third kappa shape index (κ3) is 48.2. The van der Waals surface area contributed by atoms with Gasteiger partial charge < -0.3 is 33.3 Å². The minimum atomic E-state index is -4.80. The Labute approximate surface area is 788 Å². The first-order chi connectivity index (χ1) is 63.3. The highest BCUT2D eigenvalue weighted by atomic mass is 35.5. The van der Waals surface area contributed by atoms with Crippen molar-refractivity contribution >= 4 is 56.2 Å². The van der Waals surface area contributed by atoms with Crippen molar-refractivity contribution in [1.82, 2.24) is 14.7 Å². The molecular formula is C103H131Cl2F12N3O12S. The number of aryl methyl sites for hydroxylation is 4. The zero-order chi connectivity index (χ0) is 97.7. The van der Waals surface area contributed by atoms with E-state index in [1.165, 1.54) is 103 Å². The number of ether oxygens (including phenoxy) is 6. The van der Waals surface area contributed by atoms with Gasteiger partial charge in [-0.05, 0) is 208 Å². The fraction of sp³-hybridized carbons (Fsp3) is 0.495. The van der Waals surface area contributed by atoms with E-state index in [0.29, 0.717) is 94.6 Å². The van der Waals surface area contributed by atoms with Crippen LogP contribution < -0.4 is 28.4 Å². The fourth-order valence-electron chi connectivity index (χ4n) is 14.2. The smallest absolute Gasteiger partial charge is 0.449 e. The Bertz CT molecular complexity index is 4580. The number of halogens is 14. The SMILES string of the molecule is CCCCCCCCCCCCN(C)CCOc1ccc(CCC(=O)C(F)(F)F)cc1.CCCCCCCCCCCCS(=O)(=O)CCOc1ccc(CCC(=O)C(F)(F)F)cc1.CN(CCOc1ccc(CCC(=O)C(F)(F)F)cc1)C(c1ccc(Cl)cc1)c1ccc(Cl)cc1.COc1ccc(C(c2ccc(OC)cc2)N(C)CCOc2ccc(CCC(=O)C(F)(F)F)cc2)cc1. The molecule has 0 saturated heterocycles. The summed E-state index contributed by atoms with van der Waals surface area (Å²) in [6.07, 6.45) is 3.60. The summed E-state index contributed by atoms with van der Waals surface area (Å²) in [6, 6.07) is 57.9. The summed E-state index contributed by atoms with van der Waals surface area (Å²) in [6.45, 7) is 8.99. The van der Waals surface area contributed by atoms with E-state index in [-0.39, 0.29) is 55.9 Å². The van der Waals surface area contributed by atoms with Gasteiger partial charge in [0, 0.05) is 55.4 Å². The number of ketones is 4. The number of carbonyl (C=O) groups is 4. The summed E-state index contributed by atoms with van der Waals surface area (Å²) in [5, 5.41) is 1.33. The van der Waals surface area contributed by atoms with E-state index in [0.717, 1.165) is 66.1 Å². The van der Waals surface area contributed by atoms with Crippen molar-refractivity contribution < 1.29 is 109 Å². The fourth-order valence-corrected chi connectivity index (χ4v) is 15.7. The first kappa shape index (κ1) is 114. The van der Waals surface area contributed by atoms with Crippen LogP contribution in [0.1, 0.15) is 225 Å². The van der Waals surface area contributed by atoms with Crippen molar-refractivity contribution in [3.05, 3.63) is 249 Å². The van der Waals surface area contributed by atoms with Crippen LogP contribution in [0.2, 0.25) is 10.0 Å². The number of likely N-dealkylation sites (N-methyl/N-ethyl adjacent to an activating group) is 3. The Kier molecular flexibility index (Phi) is 53.1. The van der Waals surface area contributed by atoms with Crippen molar-refractivity contribution in [2.45, 2.75) is 230 Å². The molecule has 0 radical (unpaired) electrons. The van der Waals surface area contributed by atoms with Crippen LogP contribution in [0.4, 0.5) is 52.7 Å². The molecule has 0 fully saturated rings. The van der Waals surface area contributed by atoms with Crippen LogP contribution in [0.5, 0.6) is 34.5 Å². The zero-order valence-electron chi connectivity index (χ0n) is 77.4. The number of alkyl halides is 12. The second-order valence-electron chi connectivity index (χ2n) is 32.9. The highest BCUT2D eigenvalue weighted by Crippen LogP contribution is 2.34. The standard InChI is InChI=1S/C28H30F3NO4.C26H24Cl2F3NO2.C25H40F3NO2.C24H37F3O4S/c1-32(18-19-36-25-11-4-20(5-12-25)6-17-26(33)28(29,30)31)27(21-7-13-23(34-2)14-8-21)22-9-15-24(35-3)16-10-22;1-32(25(19-5-9-21(27)10-6-19)20-7-11-22(28)12-8-20)16-17-34-23-13-2-18(3-14-23)4-15-24(33)26(29,30)31;1-3-4-5-6-7-8-9-10-11-12-19-29(2)20-21-31-23-16-13-22(14-17-23)15-18-24(30)25(26,27)28;1-2-3-4-5-6-7-8-9-10-11-19-32(29,30)20-18-31-22-15-12-21(13-16-22)14-17-23(28)24(25,26)27/h4-5,7-16,27H,6,17-19H2,1-3H3;2-3,5-14,25H,4,15-17H2,1H3;13-14,16-17H,3-12,15,18-21H2,1-2H3;12-13,15-16H,2-11,14,17-20H2,1H3. The van der Waals surface area contributed by atoms with Gasteiger partial charge in [-0.15, -0.1) is 0 Å². The Balaban J connectivity index is 0.000000314. The molecule has 0 bridgehead atoms. The van der Waals surface area contributed by atoms with Crippen LogP contribution >= 0.6 is 23.2 Å². The molecule has 0 aliphatic carbocycles. The van der Waals surface area contributed by atoms with Crippen LogP contribution in [0.3, 0.4) is 0 Å². The third-order valence-electron chi connectivity index (χ3n) is 22.2. The molecule has 8 rings (SSSR count). The van der Waals surface area contributed by atoms with Gasteiger partial charge in [-0.25, -0.2) is 8.42 Å². The van der Waals surface area contributed by atoms with Crippen molar-refractivity contribution in [2.75, 3.05) is 99.5 Å². The lowest BCUT2D eigenvalue weighted by molar-refractivity contribution is -0.171. The number of rotatable bonds is 58. The first-order valence-electron chi connectivity index (χ1n) is 45.7. The second kappa shape index (κ2) is 61.7. The molecule has 734 valence electrons. The molecule has 8 aromatic rings. The van der Waals surface area contributed by atoms with E-state index < -0.39 is 83.4 Å². The maximum atomic E-state index is 12.4. The molecule has 133 heavy (non-hydrogen) atoms. The van der Waals surface area contributed by atoms with E-state index in [1.54, 1.807) is 111 Å². The van der Waals surface area contributed by atoms with Crippen LogP contribution in [0.25, 0.3) is 0 Å². The highest BCUT2D eigenvalue weighted by Gasteiger charge is 2.40. The number of Topliss-reactive ketones (excluding diaryl/α,β-unsaturated/α-hetero) is 4. The molecule has 0 atom stereocenters. The minimum absolute atomic E-state index is 0.00808. The van der Waals surface area contributed by atoms with Gasteiger partial charge in [-0.3, -0.25) is 29.0 Å². The quantitative estimate of drug-likeness (QED) is 0.0261. The summed E-state index contributed by atoms with van der Waals surface area (Å²) < 4.78 is 205. The normalized spacial score (nSPS) is 11.8. The van der Waals surface area contributed by atoms with Gasteiger partial charge >= 0.3 is 24.7 Å². The lowest BCUT2D eigenvalue weighted by atomic mass is 9.97. The van der Waals surface area contributed by atoms with Crippen LogP contribution in [-0.2, 0) is 54.7 Å². The van der Waals surface area contributed by atoms with Crippen molar-refractivity contribution in [3.63, 3.8) is 0 Å². The van der Waals surface area contributed by atoms with Gasteiger partial charge in [0.05, 0.1) is 37.8 Å². The molecule has 15 nitrogen and oxygen atoms in total. The van der Waals surface area contributed by atoms with Gasteiger partial charge in [0.2, 0.25) is 23.1 Å². The van der Waals surface area contributed by atoms with Crippen molar-refractivity contribution in [1.29, 1.82) is 0 Å². The van der Waals surface area contributed by atoms with E-state index in [2.05, 4.69) is 35.6 Å². The number of sulfone groups is 1. The monoisotopic (exact) mass is 1930 g/mol. The molecule has 0 spiro atoms. The van der Waals surface area contributed by atoms with Gasteiger partial charge in [0.25, 0.3) is 0 Å². The number of benzene rings is 8. The first-order valence-corrected chi connectivity index (χ1v) is 48.2. The summed E-state index contributed by atoms with van der Waals surface area (Å²) in [5.41, 5.74) is 6.93. The molecule has 0 aliphatic heterocycles. The summed E-state index contributed by atoms with van der Waals surface area (Å²) >= 11 is 12.1. The Morgan fingerprint density at radius 1 is 0.301 bits per heavy atom. The van der Waals surface area contributed by atoms with E-state index in [1.807, 2.05) is 111 Å². The summed E-state index contributed by atoms with van der Waals surface area (Å²) in [4.78, 5) is 50.6. The maximum absolute atomic E-state index is 12.4. The lowest BCUT2D eigenvalue weighted by Crippen LogP contribution is -2.29. The van der Waals surface area contributed by atoms with Crippen LogP contribution in [-0.4, -0.2) is 170 Å². The molecule has 0 heterocycles. The molecule has 0 saturated carbocycles. The molecule has 0 unspecified atom stereocenters. The Hall–Kier alpha value is -9.19. The molecule has 0 aromatic heterocycles. The average Bonchev–Trinajstić information content (AvgIpc) is 0.825. The van der Waals surface area contributed by atoms with Gasteiger partial charge in [-0.1, -0.05) is 250 Å². The van der Waals surface area contributed by atoms with Gasteiger partial charge in [0.15, 0.2) is 9.84 Å². The van der Waals surface area contributed by atoms with E-state index in [4.69, 9.17) is 51.6 Å². The van der Waals surface area contributed by atoms with Crippen LogP contribution in [0, 0.1) is 0 Å². The Morgan fingerprint density at radius 2 is 0.534 bits per heavy atom. The largest absolute Gasteiger partial charge is 0.497 e. The van der Waals surface area contributed by atoms with Crippen LogP contribution in [0.15, 0.2) is 194 Å². The Morgan fingerprint density at radius 3 is 0.797 bits per heavy atom. The predicted octanol–water partition coefficient (Wildman–Crippen LogP) is 26.5. The molecule has 0 amide bonds. The summed E-state index contributed by atoms with van der Waals surface area (Å²) in [5.74, 6) is -2.83. The molecule has 30 heteroatoms. The minimum Gasteiger partial charge on any atom is -0.497 e. The van der Waals surface area contributed by atoms with Gasteiger partial charge in [0.1, 0.15) is 60.9 Å². The maximum Gasteiger partial charge on any atom is 0.449 e. The van der Waals surface area contributed by atoms with Crippen molar-refractivity contribution in [2.24, 2.45) is 0 Å². The number of hydrogen-bond acceptors (Lipinski definition) is 15. The van der Waals surface area contributed by atoms with Gasteiger partial charge in [-0.2, -0.15) is 52.7 Å². The molecular weight excluding hydrogens is 1800 g/mol. The lowest BCUT2D eigenvalue weighted by Gasteiger charge is -2.29. The molecule has 0 N–H and O–H groups in total. The number of unbranched alkanes of at least 4 members (excludes halogenated alkanes) is 18. The third-order valence-corrected chi connectivity index (χ3v) is 24.4. The van der Waals surface area contributed by atoms with E-state index >= 15 is 0 Å². The highest BCUT2D eigenvalue weighted by molar-refractivity contribution is 7.91. The average molecular weight is 1930 g/mol. The number of methoxy groups -OCH3 is 2. The zero-order valence-corrected chi connectivity index (χ0v) is 79.8. The number of nitrogens with zero attached hydrogens (tertiary/aromatic N) is 3.